The minimum atomic E-state index is -0.487. The number of hydrogen-bond donors (Lipinski definition) is 0. The lowest BCUT2D eigenvalue weighted by Gasteiger charge is -2.10. The van der Waals surface area contributed by atoms with E-state index in [2.05, 4.69) is 21.1 Å². The van der Waals surface area contributed by atoms with Gasteiger partial charge in [0.05, 0.1) is 24.7 Å². The molecule has 170 valence electrons. The maximum absolute atomic E-state index is 12.7. The summed E-state index contributed by atoms with van der Waals surface area (Å²) in [5.41, 5.74) is 2.97. The van der Waals surface area contributed by atoms with Crippen LogP contribution in [0.1, 0.15) is 33.0 Å². The molecule has 3 aromatic heterocycles. The smallest absolute Gasteiger partial charge is 0.308 e. The fourth-order valence-electron chi connectivity index (χ4n) is 3.94. The van der Waals surface area contributed by atoms with Crippen LogP contribution in [-0.4, -0.2) is 32.7 Å². The molecule has 0 aliphatic carbocycles. The zero-order valence-electron chi connectivity index (χ0n) is 18.6. The Morgan fingerprint density at radius 1 is 1.09 bits per heavy atom. The van der Waals surface area contributed by atoms with Crippen LogP contribution < -0.4 is 5.43 Å². The molecule has 1 aromatic carbocycles. The Labute approximate surface area is 195 Å². The Morgan fingerprint density at radius 2 is 1.91 bits per heavy atom. The van der Waals surface area contributed by atoms with E-state index < -0.39 is 5.97 Å². The average molecular weight is 464 g/mol. The summed E-state index contributed by atoms with van der Waals surface area (Å²) in [5, 5.41) is 6.71. The Hall–Kier alpha value is -3.52. The number of ketones is 1. The molecule has 0 bridgehead atoms. The standard InChI is InChI=1S/C25H25N3O4S/c1-17-14-21(18(2)27(17)11-9-19-6-5-13-33-19)24(30)16-32-25(31)10-12-28-22-8-4-3-7-20(22)23(29)15-26-28/h3-8,13-15H,9-12,16H2,1-2H3. The van der Waals surface area contributed by atoms with Crippen molar-refractivity contribution in [2.24, 2.45) is 0 Å². The van der Waals surface area contributed by atoms with Crippen molar-refractivity contribution in [3.05, 3.63) is 86.1 Å². The van der Waals surface area contributed by atoms with Gasteiger partial charge in [-0.1, -0.05) is 18.2 Å². The summed E-state index contributed by atoms with van der Waals surface area (Å²) in [7, 11) is 0. The van der Waals surface area contributed by atoms with Gasteiger partial charge in [-0.15, -0.1) is 11.3 Å². The first kappa shape index (κ1) is 22.7. The number of rotatable bonds is 9. The fourth-order valence-corrected chi connectivity index (χ4v) is 4.63. The second-order valence-corrected chi connectivity index (χ2v) is 8.88. The van der Waals surface area contributed by atoms with Crippen LogP contribution in [0.25, 0.3) is 10.9 Å². The van der Waals surface area contributed by atoms with Gasteiger partial charge in [-0.3, -0.25) is 19.1 Å². The number of carbonyl (C=O) groups is 2. The van der Waals surface area contributed by atoms with Crippen molar-refractivity contribution >= 4 is 34.0 Å². The molecule has 0 saturated heterocycles. The molecule has 0 fully saturated rings. The molecule has 0 amide bonds. The van der Waals surface area contributed by atoms with Gasteiger partial charge in [-0.05, 0) is 49.9 Å². The number of fused-ring (bicyclic) bond motifs is 1. The monoisotopic (exact) mass is 463 g/mol. The lowest BCUT2D eigenvalue weighted by molar-refractivity contribution is -0.142. The molecule has 4 aromatic rings. The molecule has 7 nitrogen and oxygen atoms in total. The quantitative estimate of drug-likeness (QED) is 0.277. The normalized spacial score (nSPS) is 11.1. The van der Waals surface area contributed by atoms with Gasteiger partial charge in [-0.2, -0.15) is 5.10 Å². The minimum absolute atomic E-state index is 0.0486. The van der Waals surface area contributed by atoms with E-state index in [0.717, 1.165) is 24.4 Å². The number of Topliss-reactive ketones (excluding diaryl/α,β-unsaturated/α-hetero) is 1. The Balaban J connectivity index is 1.33. The molecule has 3 heterocycles. The molecule has 0 aliphatic heterocycles. The van der Waals surface area contributed by atoms with Crippen LogP contribution in [0.3, 0.4) is 0 Å². The van der Waals surface area contributed by atoms with Gasteiger partial charge in [-0.25, -0.2) is 0 Å². The number of ether oxygens (including phenoxy) is 1. The van der Waals surface area contributed by atoms with E-state index in [1.165, 1.54) is 11.1 Å². The van der Waals surface area contributed by atoms with Crippen LogP contribution in [0.2, 0.25) is 0 Å². The Bertz CT molecular complexity index is 1350. The van der Waals surface area contributed by atoms with E-state index in [-0.39, 0.29) is 30.8 Å². The van der Waals surface area contributed by atoms with E-state index in [4.69, 9.17) is 4.74 Å². The third-order valence-corrected chi connectivity index (χ3v) is 6.63. The van der Waals surface area contributed by atoms with Crippen molar-refractivity contribution in [3.63, 3.8) is 0 Å². The molecule has 0 aliphatic rings. The van der Waals surface area contributed by atoms with Crippen molar-refractivity contribution in [1.29, 1.82) is 0 Å². The molecule has 33 heavy (non-hydrogen) atoms. The summed E-state index contributed by atoms with van der Waals surface area (Å²) < 4.78 is 8.96. The zero-order valence-corrected chi connectivity index (χ0v) is 19.4. The molecular formula is C25H25N3O4S. The Morgan fingerprint density at radius 3 is 2.70 bits per heavy atom. The predicted molar refractivity (Wildman–Crippen MR) is 128 cm³/mol. The zero-order chi connectivity index (χ0) is 23.4. The first-order valence-corrected chi connectivity index (χ1v) is 11.6. The Kier molecular flexibility index (Phi) is 6.84. The van der Waals surface area contributed by atoms with Gasteiger partial charge in [0.2, 0.25) is 11.2 Å². The van der Waals surface area contributed by atoms with Crippen molar-refractivity contribution in [3.8, 4) is 0 Å². The van der Waals surface area contributed by atoms with Gasteiger partial charge in [0.1, 0.15) is 0 Å². The number of esters is 1. The maximum Gasteiger partial charge on any atom is 0.308 e. The summed E-state index contributed by atoms with van der Waals surface area (Å²) in [6.07, 6.45) is 2.20. The molecular weight excluding hydrogens is 438 g/mol. The van der Waals surface area contributed by atoms with E-state index in [1.54, 1.807) is 34.2 Å². The second kappa shape index (κ2) is 9.95. The van der Waals surface area contributed by atoms with Gasteiger partial charge >= 0.3 is 5.97 Å². The van der Waals surface area contributed by atoms with Gasteiger partial charge in [0, 0.05) is 33.8 Å². The van der Waals surface area contributed by atoms with Gasteiger partial charge < -0.3 is 9.30 Å². The fraction of sp³-hybridized carbons (Fsp3) is 0.280. The maximum atomic E-state index is 12.7. The van der Waals surface area contributed by atoms with E-state index in [9.17, 15) is 14.4 Å². The van der Waals surface area contributed by atoms with Crippen LogP contribution in [0.15, 0.2) is 58.8 Å². The van der Waals surface area contributed by atoms with E-state index in [1.807, 2.05) is 32.0 Å². The summed E-state index contributed by atoms with van der Waals surface area (Å²) in [6.45, 7) is 4.65. The van der Waals surface area contributed by atoms with E-state index in [0.29, 0.717) is 16.5 Å². The van der Waals surface area contributed by atoms with Gasteiger partial charge in [0.15, 0.2) is 6.61 Å². The van der Waals surface area contributed by atoms with Crippen molar-refractivity contribution < 1.29 is 14.3 Å². The molecule has 4 rings (SSSR count). The lowest BCUT2D eigenvalue weighted by atomic mass is 10.1. The number of para-hydroxylation sites is 1. The first-order valence-electron chi connectivity index (χ1n) is 10.8. The number of carbonyl (C=O) groups excluding carboxylic acids is 2. The van der Waals surface area contributed by atoms with Crippen LogP contribution in [0.5, 0.6) is 0 Å². The third-order valence-electron chi connectivity index (χ3n) is 5.69. The van der Waals surface area contributed by atoms with Crippen molar-refractivity contribution in [2.75, 3.05) is 6.61 Å². The van der Waals surface area contributed by atoms with Crippen LogP contribution in [-0.2, 0) is 29.0 Å². The molecule has 0 radical (unpaired) electrons. The number of thiophene rings is 1. The molecule has 0 N–H and O–H groups in total. The number of aromatic nitrogens is 3. The largest absolute Gasteiger partial charge is 0.457 e. The van der Waals surface area contributed by atoms with Crippen LogP contribution >= 0.6 is 11.3 Å². The number of nitrogens with zero attached hydrogens (tertiary/aromatic N) is 3. The number of benzene rings is 1. The number of aryl methyl sites for hydroxylation is 3. The molecule has 0 spiro atoms. The summed E-state index contributed by atoms with van der Waals surface area (Å²) in [5.74, 6) is -0.704. The highest BCUT2D eigenvalue weighted by atomic mass is 32.1. The molecule has 0 unspecified atom stereocenters. The highest BCUT2D eigenvalue weighted by Gasteiger charge is 2.17. The van der Waals surface area contributed by atoms with Crippen LogP contribution in [0.4, 0.5) is 0 Å². The van der Waals surface area contributed by atoms with Crippen LogP contribution in [0, 0.1) is 13.8 Å². The summed E-state index contributed by atoms with van der Waals surface area (Å²) in [6, 6.07) is 13.1. The van der Waals surface area contributed by atoms with Crippen molar-refractivity contribution in [1.82, 2.24) is 14.3 Å². The molecule has 8 heteroatoms. The average Bonchev–Trinajstić information content (AvgIpc) is 3.43. The number of hydrogen-bond acceptors (Lipinski definition) is 6. The predicted octanol–water partition coefficient (Wildman–Crippen LogP) is 3.94. The summed E-state index contributed by atoms with van der Waals surface area (Å²) >= 11 is 1.72. The van der Waals surface area contributed by atoms with Gasteiger partial charge in [0.25, 0.3) is 0 Å². The topological polar surface area (TPSA) is 83.2 Å². The third kappa shape index (κ3) is 5.12. The first-order chi connectivity index (χ1) is 15.9. The highest BCUT2D eigenvalue weighted by Crippen LogP contribution is 2.18. The second-order valence-electron chi connectivity index (χ2n) is 7.85. The molecule has 0 saturated carbocycles. The minimum Gasteiger partial charge on any atom is -0.457 e. The van der Waals surface area contributed by atoms with E-state index >= 15 is 0 Å². The highest BCUT2D eigenvalue weighted by molar-refractivity contribution is 7.09. The van der Waals surface area contributed by atoms with Crippen molar-refractivity contribution in [2.45, 2.75) is 39.8 Å². The molecule has 0 atom stereocenters. The summed E-state index contributed by atoms with van der Waals surface area (Å²) in [4.78, 5) is 38.2. The SMILES string of the molecule is Cc1cc(C(=O)COC(=O)CCn2ncc(=O)c3ccccc32)c(C)n1CCc1cccs1. The lowest BCUT2D eigenvalue weighted by Crippen LogP contribution is -2.18.